The SMILES string of the molecule is CCOc1ccc(C(=O)Nc2ccc(OC)cc2)cc1COc1ccc(C(C)(C)C)cc1. The zero-order chi connectivity index (χ0) is 23.1. The number of ether oxygens (including phenoxy) is 3. The van der Waals surface area contributed by atoms with Crippen LogP contribution in [0.15, 0.2) is 66.7 Å². The van der Waals surface area contributed by atoms with Crippen molar-refractivity contribution in [1.29, 1.82) is 0 Å². The Hall–Kier alpha value is -3.47. The first-order chi connectivity index (χ1) is 15.3. The highest BCUT2D eigenvalue weighted by Crippen LogP contribution is 2.27. The van der Waals surface area contributed by atoms with Crippen LogP contribution in [0.3, 0.4) is 0 Å². The van der Waals surface area contributed by atoms with Crippen molar-refractivity contribution in [3.05, 3.63) is 83.4 Å². The Bertz CT molecular complexity index is 1030. The molecule has 0 spiro atoms. The third-order valence-electron chi connectivity index (χ3n) is 5.09. The standard InChI is InChI=1S/C27H31NO4/c1-6-31-25-16-7-19(26(29)28-22-10-14-23(30-5)15-11-22)17-20(25)18-32-24-12-8-21(9-13-24)27(2,3)4/h7-17H,6,18H2,1-5H3,(H,28,29). The number of carbonyl (C=O) groups is 1. The van der Waals surface area contributed by atoms with Gasteiger partial charge in [-0.05, 0) is 72.5 Å². The fourth-order valence-electron chi connectivity index (χ4n) is 3.22. The van der Waals surface area contributed by atoms with E-state index in [1.165, 1.54) is 5.56 Å². The van der Waals surface area contributed by atoms with Gasteiger partial charge in [0.15, 0.2) is 0 Å². The predicted octanol–water partition coefficient (Wildman–Crippen LogP) is 6.22. The number of methoxy groups -OCH3 is 1. The van der Waals surface area contributed by atoms with Gasteiger partial charge in [-0.3, -0.25) is 4.79 Å². The second-order valence-electron chi connectivity index (χ2n) is 8.50. The molecular weight excluding hydrogens is 402 g/mol. The van der Waals surface area contributed by atoms with Gasteiger partial charge in [-0.25, -0.2) is 0 Å². The maximum Gasteiger partial charge on any atom is 0.255 e. The molecule has 0 heterocycles. The summed E-state index contributed by atoms with van der Waals surface area (Å²) < 4.78 is 16.9. The third-order valence-corrected chi connectivity index (χ3v) is 5.09. The molecule has 0 atom stereocenters. The molecule has 1 N–H and O–H groups in total. The number of hydrogen-bond acceptors (Lipinski definition) is 4. The van der Waals surface area contributed by atoms with Crippen molar-refractivity contribution in [2.75, 3.05) is 19.0 Å². The Morgan fingerprint density at radius 3 is 2.12 bits per heavy atom. The first-order valence-corrected chi connectivity index (χ1v) is 10.7. The van der Waals surface area contributed by atoms with Gasteiger partial charge in [0.1, 0.15) is 23.9 Å². The summed E-state index contributed by atoms with van der Waals surface area (Å²) in [7, 11) is 1.61. The number of amides is 1. The van der Waals surface area contributed by atoms with Crippen molar-refractivity contribution in [3.8, 4) is 17.2 Å². The predicted molar refractivity (Wildman–Crippen MR) is 128 cm³/mol. The molecule has 0 aliphatic rings. The molecular formula is C27H31NO4. The quantitative estimate of drug-likeness (QED) is 0.458. The van der Waals surface area contributed by atoms with E-state index in [9.17, 15) is 4.79 Å². The highest BCUT2D eigenvalue weighted by Gasteiger charge is 2.14. The summed E-state index contributed by atoms with van der Waals surface area (Å²) in [6, 6.07) is 20.7. The Balaban J connectivity index is 1.74. The minimum Gasteiger partial charge on any atom is -0.497 e. The lowest BCUT2D eigenvalue weighted by molar-refractivity contribution is 0.102. The van der Waals surface area contributed by atoms with Crippen molar-refractivity contribution in [3.63, 3.8) is 0 Å². The van der Waals surface area contributed by atoms with Crippen LogP contribution >= 0.6 is 0 Å². The summed E-state index contributed by atoms with van der Waals surface area (Å²) in [5, 5.41) is 2.91. The number of rotatable bonds is 8. The summed E-state index contributed by atoms with van der Waals surface area (Å²) in [4.78, 5) is 12.8. The van der Waals surface area contributed by atoms with Gasteiger partial charge >= 0.3 is 0 Å². The molecule has 0 saturated heterocycles. The van der Waals surface area contributed by atoms with E-state index < -0.39 is 0 Å². The van der Waals surface area contributed by atoms with Gasteiger partial charge in [0.05, 0.1) is 13.7 Å². The van der Waals surface area contributed by atoms with Crippen LogP contribution in [-0.4, -0.2) is 19.6 Å². The lowest BCUT2D eigenvalue weighted by Crippen LogP contribution is -2.13. The van der Waals surface area contributed by atoms with Gasteiger partial charge in [-0.1, -0.05) is 32.9 Å². The van der Waals surface area contributed by atoms with Crippen molar-refractivity contribution in [1.82, 2.24) is 0 Å². The van der Waals surface area contributed by atoms with Crippen LogP contribution in [-0.2, 0) is 12.0 Å². The molecule has 3 aromatic rings. The molecule has 0 bridgehead atoms. The lowest BCUT2D eigenvalue weighted by atomic mass is 9.87. The molecule has 168 valence electrons. The molecule has 0 aromatic heterocycles. The first-order valence-electron chi connectivity index (χ1n) is 10.7. The molecule has 0 radical (unpaired) electrons. The van der Waals surface area contributed by atoms with E-state index in [2.05, 4.69) is 38.2 Å². The Kier molecular flexibility index (Phi) is 7.41. The summed E-state index contributed by atoms with van der Waals surface area (Å²) >= 11 is 0. The molecule has 3 aromatic carbocycles. The second-order valence-corrected chi connectivity index (χ2v) is 8.50. The number of carbonyl (C=O) groups excluding carboxylic acids is 1. The monoisotopic (exact) mass is 433 g/mol. The Morgan fingerprint density at radius 1 is 0.875 bits per heavy atom. The van der Waals surface area contributed by atoms with Gasteiger partial charge in [-0.15, -0.1) is 0 Å². The van der Waals surface area contributed by atoms with E-state index in [1.54, 1.807) is 37.4 Å². The number of nitrogens with one attached hydrogen (secondary N) is 1. The van der Waals surface area contributed by atoms with Crippen LogP contribution in [0.5, 0.6) is 17.2 Å². The third kappa shape index (κ3) is 6.03. The largest absolute Gasteiger partial charge is 0.497 e. The van der Waals surface area contributed by atoms with E-state index in [-0.39, 0.29) is 11.3 Å². The van der Waals surface area contributed by atoms with Gasteiger partial charge in [0.25, 0.3) is 5.91 Å². The fourth-order valence-corrected chi connectivity index (χ4v) is 3.22. The molecule has 0 fully saturated rings. The average Bonchev–Trinajstić information content (AvgIpc) is 2.78. The van der Waals surface area contributed by atoms with Gasteiger partial charge in [0.2, 0.25) is 0 Å². The summed E-state index contributed by atoms with van der Waals surface area (Å²) in [6.07, 6.45) is 0. The van der Waals surface area contributed by atoms with E-state index >= 15 is 0 Å². The van der Waals surface area contributed by atoms with Crippen molar-refractivity contribution < 1.29 is 19.0 Å². The van der Waals surface area contributed by atoms with E-state index in [1.807, 2.05) is 31.2 Å². The van der Waals surface area contributed by atoms with E-state index in [4.69, 9.17) is 14.2 Å². The van der Waals surface area contributed by atoms with Crippen molar-refractivity contribution >= 4 is 11.6 Å². The molecule has 0 aliphatic heterocycles. The van der Waals surface area contributed by atoms with Crippen LogP contribution in [0.2, 0.25) is 0 Å². The normalized spacial score (nSPS) is 11.0. The fraction of sp³-hybridized carbons (Fsp3) is 0.296. The number of benzene rings is 3. The van der Waals surface area contributed by atoms with Crippen LogP contribution in [0.4, 0.5) is 5.69 Å². The summed E-state index contributed by atoms with van der Waals surface area (Å²) in [6.45, 7) is 9.30. The Morgan fingerprint density at radius 2 is 1.53 bits per heavy atom. The van der Waals surface area contributed by atoms with Crippen LogP contribution in [0, 0.1) is 0 Å². The summed E-state index contributed by atoms with van der Waals surface area (Å²) in [5.74, 6) is 2.02. The van der Waals surface area contributed by atoms with Gasteiger partial charge in [0, 0.05) is 16.8 Å². The maximum atomic E-state index is 12.8. The highest BCUT2D eigenvalue weighted by atomic mass is 16.5. The van der Waals surface area contributed by atoms with E-state index in [0.717, 1.165) is 17.1 Å². The molecule has 1 amide bonds. The summed E-state index contributed by atoms with van der Waals surface area (Å²) in [5.41, 5.74) is 3.38. The number of hydrogen-bond donors (Lipinski definition) is 1. The average molecular weight is 434 g/mol. The zero-order valence-corrected chi connectivity index (χ0v) is 19.4. The minimum atomic E-state index is -0.200. The van der Waals surface area contributed by atoms with Crippen LogP contribution < -0.4 is 19.5 Å². The molecule has 3 rings (SSSR count). The number of anilines is 1. The lowest BCUT2D eigenvalue weighted by Gasteiger charge is -2.19. The molecule has 0 aliphatic carbocycles. The van der Waals surface area contributed by atoms with Gasteiger partial charge < -0.3 is 19.5 Å². The molecule has 0 saturated carbocycles. The topological polar surface area (TPSA) is 56.8 Å². The maximum absolute atomic E-state index is 12.8. The highest BCUT2D eigenvalue weighted by molar-refractivity contribution is 6.04. The molecule has 5 nitrogen and oxygen atoms in total. The minimum absolute atomic E-state index is 0.0895. The first kappa shape index (κ1) is 23.2. The smallest absolute Gasteiger partial charge is 0.255 e. The Labute approximate surface area is 190 Å². The second kappa shape index (κ2) is 10.2. The van der Waals surface area contributed by atoms with Crippen molar-refractivity contribution in [2.45, 2.75) is 39.7 Å². The van der Waals surface area contributed by atoms with Crippen LogP contribution in [0.1, 0.15) is 49.2 Å². The van der Waals surface area contributed by atoms with Crippen molar-refractivity contribution in [2.24, 2.45) is 0 Å². The molecule has 0 unspecified atom stereocenters. The zero-order valence-electron chi connectivity index (χ0n) is 19.4. The molecule has 5 heteroatoms. The van der Waals surface area contributed by atoms with Gasteiger partial charge in [-0.2, -0.15) is 0 Å². The van der Waals surface area contributed by atoms with Crippen LogP contribution in [0.25, 0.3) is 0 Å². The van der Waals surface area contributed by atoms with E-state index in [0.29, 0.717) is 30.2 Å². The molecule has 32 heavy (non-hydrogen) atoms.